The van der Waals surface area contributed by atoms with Crippen molar-refractivity contribution in [2.45, 2.75) is 32.5 Å². The largest absolute Gasteiger partial charge is 0.379 e. The number of nitrogens with one attached hydrogen (secondary N) is 2. The van der Waals surface area contributed by atoms with Gasteiger partial charge in [-0.15, -0.1) is 0 Å². The van der Waals surface area contributed by atoms with Crippen LogP contribution in [0.2, 0.25) is 0 Å². The van der Waals surface area contributed by atoms with Gasteiger partial charge >= 0.3 is 0 Å². The molecule has 6 heteroatoms. The summed E-state index contributed by atoms with van der Waals surface area (Å²) in [5.41, 5.74) is 1.21. The lowest BCUT2D eigenvalue weighted by Gasteiger charge is -2.16. The number of guanidine groups is 1. The van der Waals surface area contributed by atoms with Crippen LogP contribution in [0.5, 0.6) is 0 Å². The third-order valence-corrected chi connectivity index (χ3v) is 4.21. The quantitative estimate of drug-likeness (QED) is 0.358. The molecular weight excluding hydrogens is 330 g/mol. The Morgan fingerprint density at radius 2 is 2.15 bits per heavy atom. The summed E-state index contributed by atoms with van der Waals surface area (Å²) in [6.45, 7) is 7.52. The SMILES string of the molecule is CN=C(NCCCOC1CCOC1)NCC(C)COCc1ccccc1. The van der Waals surface area contributed by atoms with Crippen molar-refractivity contribution >= 4 is 5.96 Å². The van der Waals surface area contributed by atoms with Gasteiger partial charge in [-0.3, -0.25) is 4.99 Å². The van der Waals surface area contributed by atoms with Gasteiger partial charge in [0.05, 0.1) is 25.9 Å². The number of ether oxygens (including phenoxy) is 3. The lowest BCUT2D eigenvalue weighted by Crippen LogP contribution is -2.40. The van der Waals surface area contributed by atoms with Crippen molar-refractivity contribution in [3.63, 3.8) is 0 Å². The highest BCUT2D eigenvalue weighted by atomic mass is 16.5. The molecule has 2 N–H and O–H groups in total. The first-order chi connectivity index (χ1) is 12.8. The van der Waals surface area contributed by atoms with Gasteiger partial charge in [0, 0.05) is 33.4 Å². The van der Waals surface area contributed by atoms with Gasteiger partial charge < -0.3 is 24.8 Å². The Morgan fingerprint density at radius 1 is 1.31 bits per heavy atom. The number of benzene rings is 1. The molecule has 0 aliphatic carbocycles. The van der Waals surface area contributed by atoms with Crippen molar-refractivity contribution < 1.29 is 14.2 Å². The van der Waals surface area contributed by atoms with Crippen molar-refractivity contribution in [2.24, 2.45) is 10.9 Å². The van der Waals surface area contributed by atoms with E-state index < -0.39 is 0 Å². The average Bonchev–Trinajstić information content (AvgIpc) is 3.18. The van der Waals surface area contributed by atoms with Crippen LogP contribution in [0.3, 0.4) is 0 Å². The minimum absolute atomic E-state index is 0.282. The highest BCUT2D eigenvalue weighted by molar-refractivity contribution is 5.79. The fourth-order valence-electron chi connectivity index (χ4n) is 2.68. The summed E-state index contributed by atoms with van der Waals surface area (Å²) in [5.74, 6) is 1.23. The van der Waals surface area contributed by atoms with E-state index in [1.165, 1.54) is 5.56 Å². The van der Waals surface area contributed by atoms with E-state index in [0.717, 1.165) is 58.3 Å². The van der Waals surface area contributed by atoms with Crippen LogP contribution >= 0.6 is 0 Å². The van der Waals surface area contributed by atoms with E-state index in [-0.39, 0.29) is 6.10 Å². The minimum atomic E-state index is 0.282. The second kappa shape index (κ2) is 12.7. The molecule has 146 valence electrons. The van der Waals surface area contributed by atoms with Crippen LogP contribution in [0, 0.1) is 5.92 Å². The molecule has 26 heavy (non-hydrogen) atoms. The summed E-state index contributed by atoms with van der Waals surface area (Å²) in [7, 11) is 1.79. The Kier molecular flexibility index (Phi) is 10.1. The summed E-state index contributed by atoms with van der Waals surface area (Å²) in [4.78, 5) is 4.26. The molecule has 1 saturated heterocycles. The molecule has 2 unspecified atom stereocenters. The highest BCUT2D eigenvalue weighted by Gasteiger charge is 2.15. The van der Waals surface area contributed by atoms with E-state index in [1.54, 1.807) is 7.05 Å². The number of hydrogen-bond donors (Lipinski definition) is 2. The van der Waals surface area contributed by atoms with E-state index in [0.29, 0.717) is 12.5 Å². The molecular formula is C20H33N3O3. The molecule has 0 aromatic heterocycles. The fourth-order valence-corrected chi connectivity index (χ4v) is 2.68. The van der Waals surface area contributed by atoms with E-state index in [1.807, 2.05) is 18.2 Å². The van der Waals surface area contributed by atoms with Crippen molar-refractivity contribution in [3.8, 4) is 0 Å². The molecule has 0 radical (unpaired) electrons. The molecule has 1 aromatic carbocycles. The Hall–Kier alpha value is -1.63. The summed E-state index contributed by atoms with van der Waals surface area (Å²) in [6.07, 6.45) is 2.25. The second-order valence-electron chi connectivity index (χ2n) is 6.70. The Morgan fingerprint density at radius 3 is 2.88 bits per heavy atom. The maximum atomic E-state index is 5.78. The smallest absolute Gasteiger partial charge is 0.190 e. The maximum Gasteiger partial charge on any atom is 0.190 e. The van der Waals surface area contributed by atoms with Crippen LogP contribution in [0.1, 0.15) is 25.3 Å². The number of rotatable bonds is 11. The third kappa shape index (κ3) is 8.65. The van der Waals surface area contributed by atoms with E-state index in [9.17, 15) is 0 Å². The van der Waals surface area contributed by atoms with Crippen molar-refractivity contribution in [1.29, 1.82) is 0 Å². The first kappa shape index (κ1) is 20.7. The molecule has 0 spiro atoms. The zero-order valence-electron chi connectivity index (χ0n) is 16.1. The summed E-state index contributed by atoms with van der Waals surface area (Å²) in [5, 5.41) is 6.67. The number of aliphatic imine (C=N–C) groups is 1. The summed E-state index contributed by atoms with van der Waals surface area (Å²) < 4.78 is 16.8. The first-order valence-corrected chi connectivity index (χ1v) is 9.53. The third-order valence-electron chi connectivity index (χ3n) is 4.21. The Balaban J connectivity index is 1.49. The van der Waals surface area contributed by atoms with E-state index >= 15 is 0 Å². The van der Waals surface area contributed by atoms with Crippen LogP contribution in [0.15, 0.2) is 35.3 Å². The monoisotopic (exact) mass is 363 g/mol. The zero-order valence-corrected chi connectivity index (χ0v) is 16.1. The molecule has 2 rings (SSSR count). The lowest BCUT2D eigenvalue weighted by atomic mass is 10.2. The number of nitrogens with zero attached hydrogens (tertiary/aromatic N) is 1. The molecule has 6 nitrogen and oxygen atoms in total. The molecule has 1 fully saturated rings. The van der Waals surface area contributed by atoms with Crippen molar-refractivity contribution in [2.75, 3.05) is 46.6 Å². The second-order valence-corrected chi connectivity index (χ2v) is 6.70. The molecule has 0 saturated carbocycles. The number of hydrogen-bond acceptors (Lipinski definition) is 4. The van der Waals surface area contributed by atoms with Gasteiger partial charge in [-0.2, -0.15) is 0 Å². The van der Waals surface area contributed by atoms with Crippen LogP contribution in [-0.4, -0.2) is 58.6 Å². The van der Waals surface area contributed by atoms with Crippen LogP contribution in [0.25, 0.3) is 0 Å². The average molecular weight is 364 g/mol. The highest BCUT2D eigenvalue weighted by Crippen LogP contribution is 2.07. The van der Waals surface area contributed by atoms with E-state index in [4.69, 9.17) is 14.2 Å². The minimum Gasteiger partial charge on any atom is -0.379 e. The van der Waals surface area contributed by atoms with Crippen molar-refractivity contribution in [3.05, 3.63) is 35.9 Å². The first-order valence-electron chi connectivity index (χ1n) is 9.53. The molecule has 1 heterocycles. The van der Waals surface area contributed by atoms with Gasteiger partial charge in [0.1, 0.15) is 0 Å². The van der Waals surface area contributed by atoms with Gasteiger partial charge in [-0.25, -0.2) is 0 Å². The fraction of sp³-hybridized carbons (Fsp3) is 0.650. The molecule has 2 atom stereocenters. The van der Waals surface area contributed by atoms with Gasteiger partial charge in [-0.1, -0.05) is 37.3 Å². The van der Waals surface area contributed by atoms with E-state index in [2.05, 4.69) is 34.7 Å². The van der Waals surface area contributed by atoms with Gasteiger partial charge in [0.15, 0.2) is 5.96 Å². The zero-order chi connectivity index (χ0) is 18.5. The normalized spacial score (nSPS) is 18.7. The topological polar surface area (TPSA) is 64.1 Å². The standard InChI is InChI=1S/C20H33N3O3/c1-17(14-25-15-18-7-4-3-5-8-18)13-23-20(21-2)22-10-6-11-26-19-9-12-24-16-19/h3-5,7-8,17,19H,6,9-16H2,1-2H3,(H2,21,22,23). The van der Waals surface area contributed by atoms with Gasteiger partial charge in [0.25, 0.3) is 0 Å². The maximum absolute atomic E-state index is 5.78. The molecule has 0 bridgehead atoms. The summed E-state index contributed by atoms with van der Waals surface area (Å²) in [6, 6.07) is 10.2. The molecule has 1 aliphatic heterocycles. The predicted octanol–water partition coefficient (Wildman–Crippen LogP) is 2.20. The Bertz CT molecular complexity index is 504. The Labute approximate surface area is 157 Å². The van der Waals surface area contributed by atoms with Gasteiger partial charge in [-0.05, 0) is 24.3 Å². The van der Waals surface area contributed by atoms with Gasteiger partial charge in [0.2, 0.25) is 0 Å². The lowest BCUT2D eigenvalue weighted by molar-refractivity contribution is 0.0420. The predicted molar refractivity (Wildman–Crippen MR) is 104 cm³/mol. The molecule has 1 aromatic rings. The van der Waals surface area contributed by atoms with Crippen LogP contribution in [-0.2, 0) is 20.8 Å². The molecule has 0 amide bonds. The van der Waals surface area contributed by atoms with Crippen LogP contribution < -0.4 is 10.6 Å². The molecule has 1 aliphatic rings. The summed E-state index contributed by atoms with van der Waals surface area (Å²) >= 11 is 0. The van der Waals surface area contributed by atoms with Crippen molar-refractivity contribution in [1.82, 2.24) is 10.6 Å². The van der Waals surface area contributed by atoms with Crippen LogP contribution in [0.4, 0.5) is 0 Å².